The highest BCUT2D eigenvalue weighted by molar-refractivity contribution is 7.18. The van der Waals surface area contributed by atoms with Crippen LogP contribution in [-0.4, -0.2) is 27.3 Å². The summed E-state index contributed by atoms with van der Waals surface area (Å²) in [6, 6.07) is 11.4. The Hall–Kier alpha value is -3.13. The first-order chi connectivity index (χ1) is 13.5. The molecule has 8 heteroatoms. The molecule has 0 atom stereocenters. The molecule has 28 heavy (non-hydrogen) atoms. The molecule has 0 saturated carbocycles. The van der Waals surface area contributed by atoms with Crippen molar-refractivity contribution in [1.82, 2.24) is 14.8 Å². The van der Waals surface area contributed by atoms with E-state index in [-0.39, 0.29) is 30.9 Å². The van der Waals surface area contributed by atoms with Crippen molar-refractivity contribution >= 4 is 38.3 Å². The fraction of sp³-hybridized carbons (Fsp3) is 0.200. The van der Waals surface area contributed by atoms with Crippen LogP contribution in [-0.2, 0) is 22.5 Å². The van der Waals surface area contributed by atoms with E-state index in [9.17, 15) is 14.0 Å². The van der Waals surface area contributed by atoms with Crippen LogP contribution in [0, 0.1) is 5.82 Å². The van der Waals surface area contributed by atoms with E-state index in [1.165, 1.54) is 28.2 Å². The second kappa shape index (κ2) is 7.47. The Bertz CT molecular complexity index is 1250. The summed E-state index contributed by atoms with van der Waals surface area (Å²) in [7, 11) is 0. The van der Waals surface area contributed by atoms with Crippen molar-refractivity contribution in [2.24, 2.45) is 0 Å². The minimum atomic E-state index is -0.402. The lowest BCUT2D eigenvalue weighted by atomic mass is 10.1. The Labute approximate surface area is 163 Å². The van der Waals surface area contributed by atoms with E-state index in [0.29, 0.717) is 27.0 Å². The van der Waals surface area contributed by atoms with Gasteiger partial charge in [-0.1, -0.05) is 18.2 Å². The first-order valence-corrected chi connectivity index (χ1v) is 9.56. The maximum Gasteiger partial charge on any atom is 0.311 e. The van der Waals surface area contributed by atoms with E-state index >= 15 is 0 Å². The van der Waals surface area contributed by atoms with Crippen LogP contribution >= 0.6 is 11.3 Å². The number of aromatic nitrogens is 3. The average Bonchev–Trinajstić information content (AvgIpc) is 3.07. The molecule has 0 aliphatic heterocycles. The number of thiazole rings is 1. The molecule has 0 bridgehead atoms. The minimum Gasteiger partial charge on any atom is -0.466 e. The molecule has 6 nitrogen and oxygen atoms in total. The Morgan fingerprint density at radius 2 is 2.00 bits per heavy atom. The van der Waals surface area contributed by atoms with Gasteiger partial charge in [-0.3, -0.25) is 9.59 Å². The van der Waals surface area contributed by atoms with Gasteiger partial charge in [0.1, 0.15) is 10.8 Å². The van der Waals surface area contributed by atoms with Gasteiger partial charge >= 0.3 is 5.97 Å². The number of esters is 1. The molecule has 4 aromatic rings. The van der Waals surface area contributed by atoms with Crippen LogP contribution in [0.1, 0.15) is 17.6 Å². The van der Waals surface area contributed by atoms with Crippen LogP contribution in [0.15, 0.2) is 47.3 Å². The van der Waals surface area contributed by atoms with E-state index in [1.54, 1.807) is 37.3 Å². The second-order valence-electron chi connectivity index (χ2n) is 6.16. The summed E-state index contributed by atoms with van der Waals surface area (Å²) >= 11 is 1.37. The highest BCUT2D eigenvalue weighted by Crippen LogP contribution is 2.23. The zero-order valence-corrected chi connectivity index (χ0v) is 15.8. The highest BCUT2D eigenvalue weighted by atomic mass is 32.1. The summed E-state index contributed by atoms with van der Waals surface area (Å²) in [5.41, 5.74) is 0.745. The quantitative estimate of drug-likeness (QED) is 0.483. The topological polar surface area (TPSA) is 74.1 Å². The summed E-state index contributed by atoms with van der Waals surface area (Å²) in [5, 5.41) is 6.14. The summed E-state index contributed by atoms with van der Waals surface area (Å²) in [5.74, 6) is -0.761. The molecule has 0 fully saturated rings. The molecular formula is C20H16FN3O3S. The van der Waals surface area contributed by atoms with Gasteiger partial charge in [-0.2, -0.15) is 5.10 Å². The number of rotatable bonds is 5. The summed E-state index contributed by atoms with van der Waals surface area (Å²) < 4.78 is 20.6. The SMILES string of the molecule is CCOC(=O)Cc1nn(Cc2nc3cc(F)ccc3s2)c(=O)c2ccccc12. The number of halogens is 1. The second-order valence-corrected chi connectivity index (χ2v) is 7.27. The van der Waals surface area contributed by atoms with Gasteiger partial charge in [0.05, 0.1) is 40.9 Å². The predicted molar refractivity (Wildman–Crippen MR) is 105 cm³/mol. The lowest BCUT2D eigenvalue weighted by molar-refractivity contribution is -0.142. The zero-order valence-electron chi connectivity index (χ0n) is 15.0. The Morgan fingerprint density at radius 1 is 1.21 bits per heavy atom. The summed E-state index contributed by atoms with van der Waals surface area (Å²) in [6.45, 7) is 2.15. The minimum absolute atomic E-state index is 0.0281. The normalized spacial score (nSPS) is 11.2. The average molecular weight is 397 g/mol. The van der Waals surface area contributed by atoms with Crippen molar-refractivity contribution in [3.05, 3.63) is 69.3 Å². The van der Waals surface area contributed by atoms with Crippen molar-refractivity contribution in [2.75, 3.05) is 6.61 Å². The number of hydrogen-bond acceptors (Lipinski definition) is 6. The molecule has 2 aromatic heterocycles. The number of ether oxygens (including phenoxy) is 1. The van der Waals surface area contributed by atoms with E-state index in [2.05, 4.69) is 10.1 Å². The highest BCUT2D eigenvalue weighted by Gasteiger charge is 2.15. The van der Waals surface area contributed by atoms with E-state index in [0.717, 1.165) is 4.70 Å². The van der Waals surface area contributed by atoms with E-state index in [4.69, 9.17) is 4.74 Å². The standard InChI is InChI=1S/C20H16FN3O3S/c1-2-27-19(25)10-15-13-5-3-4-6-14(13)20(26)24(23-15)11-18-22-16-9-12(21)7-8-17(16)28-18/h3-9H,2,10-11H2,1H3. The van der Waals surface area contributed by atoms with Gasteiger partial charge < -0.3 is 4.74 Å². The maximum absolute atomic E-state index is 13.4. The van der Waals surface area contributed by atoms with Crippen LogP contribution in [0.25, 0.3) is 21.0 Å². The van der Waals surface area contributed by atoms with Crippen LogP contribution in [0.3, 0.4) is 0 Å². The first kappa shape index (κ1) is 18.2. The van der Waals surface area contributed by atoms with E-state index in [1.807, 2.05) is 0 Å². The third kappa shape index (κ3) is 3.50. The van der Waals surface area contributed by atoms with Crippen molar-refractivity contribution < 1.29 is 13.9 Å². The fourth-order valence-electron chi connectivity index (χ4n) is 3.04. The number of carbonyl (C=O) groups is 1. The number of benzene rings is 2. The predicted octanol–water partition coefficient (Wildman–Crippen LogP) is 3.30. The van der Waals surface area contributed by atoms with Crippen LogP contribution in [0.2, 0.25) is 0 Å². The first-order valence-electron chi connectivity index (χ1n) is 8.74. The van der Waals surface area contributed by atoms with Gasteiger partial charge in [0.2, 0.25) is 0 Å². The lowest BCUT2D eigenvalue weighted by Gasteiger charge is -2.10. The molecule has 2 aromatic carbocycles. The van der Waals surface area contributed by atoms with Crippen LogP contribution in [0.5, 0.6) is 0 Å². The molecule has 4 rings (SSSR count). The molecule has 0 unspecified atom stereocenters. The van der Waals surface area contributed by atoms with Gasteiger partial charge in [0, 0.05) is 11.5 Å². The molecule has 0 amide bonds. The van der Waals surface area contributed by atoms with Gasteiger partial charge in [0.15, 0.2) is 0 Å². The number of nitrogens with zero attached hydrogens (tertiary/aromatic N) is 3. The van der Waals surface area contributed by atoms with Crippen LogP contribution in [0.4, 0.5) is 4.39 Å². The number of hydrogen-bond donors (Lipinski definition) is 0. The van der Waals surface area contributed by atoms with Crippen molar-refractivity contribution in [1.29, 1.82) is 0 Å². The molecule has 2 heterocycles. The number of fused-ring (bicyclic) bond motifs is 2. The Morgan fingerprint density at radius 3 is 2.79 bits per heavy atom. The summed E-state index contributed by atoms with van der Waals surface area (Å²) in [6.07, 6.45) is -0.0281. The molecule has 0 aliphatic carbocycles. The van der Waals surface area contributed by atoms with Gasteiger partial charge in [-0.05, 0) is 25.1 Å². The zero-order chi connectivity index (χ0) is 19.7. The number of carbonyl (C=O) groups excluding carboxylic acids is 1. The Kier molecular flexibility index (Phi) is 4.87. The van der Waals surface area contributed by atoms with Crippen molar-refractivity contribution in [3.63, 3.8) is 0 Å². The molecule has 0 aliphatic rings. The largest absolute Gasteiger partial charge is 0.466 e. The fourth-order valence-corrected chi connectivity index (χ4v) is 3.97. The smallest absolute Gasteiger partial charge is 0.311 e. The molecule has 0 spiro atoms. The molecular weight excluding hydrogens is 381 g/mol. The van der Waals surface area contributed by atoms with Crippen molar-refractivity contribution in [2.45, 2.75) is 19.9 Å². The third-order valence-electron chi connectivity index (χ3n) is 4.24. The van der Waals surface area contributed by atoms with Crippen molar-refractivity contribution in [3.8, 4) is 0 Å². The lowest BCUT2D eigenvalue weighted by Crippen LogP contribution is -2.26. The van der Waals surface area contributed by atoms with E-state index < -0.39 is 5.97 Å². The summed E-state index contributed by atoms with van der Waals surface area (Å²) in [4.78, 5) is 29.2. The van der Waals surface area contributed by atoms with Crippen LogP contribution < -0.4 is 5.56 Å². The monoisotopic (exact) mass is 397 g/mol. The van der Waals surface area contributed by atoms with Gasteiger partial charge in [-0.25, -0.2) is 14.1 Å². The molecule has 142 valence electrons. The maximum atomic E-state index is 13.4. The molecule has 0 radical (unpaired) electrons. The Balaban J connectivity index is 1.78. The van der Waals surface area contributed by atoms with Gasteiger partial charge in [-0.15, -0.1) is 11.3 Å². The third-order valence-corrected chi connectivity index (χ3v) is 5.26. The molecule has 0 N–H and O–H groups in total. The molecule has 0 saturated heterocycles. The van der Waals surface area contributed by atoms with Gasteiger partial charge in [0.25, 0.3) is 5.56 Å².